The van der Waals surface area contributed by atoms with Crippen LogP contribution in [0.4, 0.5) is 5.69 Å². The molecule has 6 nitrogen and oxygen atoms in total. The van der Waals surface area contributed by atoms with Crippen LogP contribution in [0.5, 0.6) is 5.75 Å². The van der Waals surface area contributed by atoms with E-state index in [1.807, 2.05) is 6.92 Å². The fourth-order valence-electron chi connectivity index (χ4n) is 1.79. The summed E-state index contributed by atoms with van der Waals surface area (Å²) in [7, 11) is 6.58. The van der Waals surface area contributed by atoms with Gasteiger partial charge in [-0.25, -0.2) is 0 Å². The van der Waals surface area contributed by atoms with Crippen LogP contribution in [0.3, 0.4) is 0 Å². The average molecular weight is 328 g/mol. The van der Waals surface area contributed by atoms with E-state index in [1.54, 1.807) is 38.2 Å². The lowest BCUT2D eigenvalue weighted by Crippen LogP contribution is -2.38. The smallest absolute Gasteiger partial charge is 0.238 e. The first kappa shape index (κ1) is 18.3. The molecule has 0 unspecified atom stereocenters. The van der Waals surface area contributed by atoms with E-state index in [0.717, 1.165) is 5.56 Å². The van der Waals surface area contributed by atoms with Crippen LogP contribution >= 0.6 is 11.6 Å². The molecule has 22 heavy (non-hydrogen) atoms. The number of halogens is 1. The highest BCUT2D eigenvalue weighted by molar-refractivity contribution is 6.31. The van der Waals surface area contributed by atoms with Gasteiger partial charge >= 0.3 is 0 Å². The van der Waals surface area contributed by atoms with E-state index in [9.17, 15) is 9.59 Å². The summed E-state index contributed by atoms with van der Waals surface area (Å²) in [5.74, 6) is 0.209. The van der Waals surface area contributed by atoms with Crippen LogP contribution in [0.1, 0.15) is 5.56 Å². The molecule has 1 rings (SSSR count). The SMILES string of the molecule is COc1cc(Cl)c(C)cc1NC(=O)CN(C)CC(=O)N(C)C. The summed E-state index contributed by atoms with van der Waals surface area (Å²) in [4.78, 5) is 26.8. The van der Waals surface area contributed by atoms with Gasteiger partial charge in [0.25, 0.3) is 0 Å². The number of nitrogens with zero attached hydrogens (tertiary/aromatic N) is 2. The molecule has 1 aromatic carbocycles. The van der Waals surface area contributed by atoms with E-state index < -0.39 is 0 Å². The zero-order valence-electron chi connectivity index (χ0n) is 13.6. The Morgan fingerprint density at radius 2 is 1.86 bits per heavy atom. The van der Waals surface area contributed by atoms with Gasteiger partial charge in [0.15, 0.2) is 0 Å². The average Bonchev–Trinajstić information content (AvgIpc) is 2.41. The predicted octanol–water partition coefficient (Wildman–Crippen LogP) is 1.62. The number of aryl methyl sites for hydroxylation is 1. The molecule has 0 heterocycles. The monoisotopic (exact) mass is 327 g/mol. The number of rotatable bonds is 6. The van der Waals surface area contributed by atoms with Crippen LogP contribution in [0, 0.1) is 6.92 Å². The van der Waals surface area contributed by atoms with Gasteiger partial charge in [0, 0.05) is 25.2 Å². The molecule has 0 atom stereocenters. The van der Waals surface area contributed by atoms with Crippen molar-refractivity contribution in [2.45, 2.75) is 6.92 Å². The second-order valence-corrected chi connectivity index (χ2v) is 5.72. The van der Waals surface area contributed by atoms with Crippen molar-refractivity contribution in [3.63, 3.8) is 0 Å². The highest BCUT2D eigenvalue weighted by Crippen LogP contribution is 2.30. The number of hydrogen-bond donors (Lipinski definition) is 1. The van der Waals surface area contributed by atoms with E-state index in [1.165, 1.54) is 12.0 Å². The van der Waals surface area contributed by atoms with Crippen LogP contribution in [0.2, 0.25) is 5.02 Å². The molecule has 1 N–H and O–H groups in total. The standard InChI is InChI=1S/C15H22ClN3O3/c1-10-6-12(13(22-5)7-11(10)16)17-14(20)8-19(4)9-15(21)18(2)3/h6-7H,8-9H2,1-5H3,(H,17,20). The van der Waals surface area contributed by atoms with Crippen LogP contribution in [0.25, 0.3) is 0 Å². The first-order valence-corrected chi connectivity index (χ1v) is 7.15. The molecule has 0 spiro atoms. The molecule has 0 bridgehead atoms. The van der Waals surface area contributed by atoms with Crippen molar-refractivity contribution < 1.29 is 14.3 Å². The lowest BCUT2D eigenvalue weighted by molar-refractivity contribution is -0.130. The minimum atomic E-state index is -0.228. The van der Waals surface area contributed by atoms with Crippen LogP contribution in [-0.2, 0) is 9.59 Å². The molecule has 122 valence electrons. The lowest BCUT2D eigenvalue weighted by Gasteiger charge is -2.19. The first-order chi connectivity index (χ1) is 10.2. The fourth-order valence-corrected chi connectivity index (χ4v) is 1.95. The largest absolute Gasteiger partial charge is 0.495 e. The molecule has 0 aliphatic heterocycles. The van der Waals surface area contributed by atoms with E-state index in [-0.39, 0.29) is 24.9 Å². The molecular formula is C15H22ClN3O3. The quantitative estimate of drug-likeness (QED) is 0.862. The Hall–Kier alpha value is -1.79. The molecule has 1 aromatic rings. The number of anilines is 1. The maximum atomic E-state index is 12.1. The Morgan fingerprint density at radius 1 is 1.23 bits per heavy atom. The minimum Gasteiger partial charge on any atom is -0.495 e. The summed E-state index contributed by atoms with van der Waals surface area (Å²) in [5.41, 5.74) is 1.40. The summed E-state index contributed by atoms with van der Waals surface area (Å²) >= 11 is 6.03. The molecule has 2 amide bonds. The third-order valence-electron chi connectivity index (χ3n) is 3.07. The summed E-state index contributed by atoms with van der Waals surface area (Å²) in [6, 6.07) is 3.41. The topological polar surface area (TPSA) is 61.9 Å². The number of nitrogens with one attached hydrogen (secondary N) is 1. The maximum absolute atomic E-state index is 12.1. The third-order valence-corrected chi connectivity index (χ3v) is 3.48. The summed E-state index contributed by atoms with van der Waals surface area (Å²) in [6.07, 6.45) is 0. The summed E-state index contributed by atoms with van der Waals surface area (Å²) in [6.45, 7) is 2.13. The normalized spacial score (nSPS) is 10.5. The van der Waals surface area contributed by atoms with Gasteiger partial charge in [0.05, 0.1) is 25.9 Å². The number of likely N-dealkylation sites (N-methyl/N-ethyl adjacent to an activating group) is 2. The van der Waals surface area contributed by atoms with Crippen LogP contribution in [0.15, 0.2) is 12.1 Å². The zero-order chi connectivity index (χ0) is 16.9. The molecule has 0 aliphatic carbocycles. The van der Waals surface area contributed by atoms with Gasteiger partial charge in [0.2, 0.25) is 11.8 Å². The number of ether oxygens (including phenoxy) is 1. The Balaban J connectivity index is 2.69. The second kappa shape index (κ2) is 8.00. The molecule has 0 aliphatic rings. The fraction of sp³-hybridized carbons (Fsp3) is 0.467. The highest BCUT2D eigenvalue weighted by Gasteiger charge is 2.14. The van der Waals surface area contributed by atoms with Gasteiger partial charge in [-0.1, -0.05) is 11.6 Å². The van der Waals surface area contributed by atoms with Crippen molar-refractivity contribution >= 4 is 29.1 Å². The van der Waals surface area contributed by atoms with E-state index >= 15 is 0 Å². The second-order valence-electron chi connectivity index (χ2n) is 5.31. The van der Waals surface area contributed by atoms with E-state index in [2.05, 4.69) is 5.32 Å². The number of methoxy groups -OCH3 is 1. The number of benzene rings is 1. The first-order valence-electron chi connectivity index (χ1n) is 6.77. The van der Waals surface area contributed by atoms with Gasteiger partial charge < -0.3 is 15.0 Å². The molecule has 0 saturated heterocycles. The molecule has 7 heteroatoms. The number of amides is 2. The number of carbonyl (C=O) groups excluding carboxylic acids is 2. The van der Waals surface area contributed by atoms with Gasteiger partial charge in [-0.15, -0.1) is 0 Å². The molecular weight excluding hydrogens is 306 g/mol. The zero-order valence-corrected chi connectivity index (χ0v) is 14.3. The summed E-state index contributed by atoms with van der Waals surface area (Å²) < 4.78 is 5.21. The molecule has 0 aromatic heterocycles. The number of carbonyl (C=O) groups is 2. The van der Waals surface area contributed by atoms with Gasteiger partial charge in [0.1, 0.15) is 5.75 Å². The Morgan fingerprint density at radius 3 is 2.41 bits per heavy atom. The molecule has 0 radical (unpaired) electrons. The molecule has 0 saturated carbocycles. The van der Waals surface area contributed by atoms with Crippen molar-refractivity contribution in [3.8, 4) is 5.75 Å². The van der Waals surface area contributed by atoms with Crippen molar-refractivity contribution in [2.75, 3.05) is 46.7 Å². The van der Waals surface area contributed by atoms with Crippen molar-refractivity contribution in [3.05, 3.63) is 22.7 Å². The van der Waals surface area contributed by atoms with Crippen molar-refractivity contribution in [2.24, 2.45) is 0 Å². The highest BCUT2D eigenvalue weighted by atomic mass is 35.5. The maximum Gasteiger partial charge on any atom is 0.238 e. The van der Waals surface area contributed by atoms with Gasteiger partial charge in [-0.05, 0) is 25.6 Å². The number of hydrogen-bond acceptors (Lipinski definition) is 4. The minimum absolute atomic E-state index is 0.0600. The third kappa shape index (κ3) is 5.20. The van der Waals surface area contributed by atoms with Crippen LogP contribution in [-0.4, -0.2) is 63.0 Å². The van der Waals surface area contributed by atoms with Crippen LogP contribution < -0.4 is 10.1 Å². The van der Waals surface area contributed by atoms with E-state index in [0.29, 0.717) is 16.5 Å². The van der Waals surface area contributed by atoms with E-state index in [4.69, 9.17) is 16.3 Å². The predicted molar refractivity (Wildman–Crippen MR) is 87.6 cm³/mol. The van der Waals surface area contributed by atoms with Crippen molar-refractivity contribution in [1.82, 2.24) is 9.80 Å². The van der Waals surface area contributed by atoms with Crippen molar-refractivity contribution in [1.29, 1.82) is 0 Å². The molecule has 0 fully saturated rings. The summed E-state index contributed by atoms with van der Waals surface area (Å²) in [5, 5.41) is 3.35. The Labute approximate surface area is 136 Å². The lowest BCUT2D eigenvalue weighted by atomic mass is 10.2. The van der Waals surface area contributed by atoms with Gasteiger partial charge in [-0.3, -0.25) is 14.5 Å². The Kier molecular flexibility index (Phi) is 6.64. The Bertz CT molecular complexity index is 561. The van der Waals surface area contributed by atoms with Gasteiger partial charge in [-0.2, -0.15) is 0 Å².